The lowest BCUT2D eigenvalue weighted by atomic mass is 9.80. The number of ether oxygens (including phenoxy) is 1. The molecule has 0 aromatic rings. The average Bonchev–Trinajstić information content (AvgIpc) is 2.37. The van der Waals surface area contributed by atoms with Crippen LogP contribution in [-0.2, 0) is 14.3 Å². The zero-order valence-corrected chi connectivity index (χ0v) is 13.8. The van der Waals surface area contributed by atoms with Gasteiger partial charge in [0, 0.05) is 26.6 Å². The highest BCUT2D eigenvalue weighted by Gasteiger charge is 2.43. The third kappa shape index (κ3) is 5.30. The fourth-order valence-corrected chi connectivity index (χ4v) is 2.90. The molecule has 0 aliphatic carbocycles. The Morgan fingerprint density at radius 2 is 2.00 bits per heavy atom. The van der Waals surface area contributed by atoms with Gasteiger partial charge < -0.3 is 14.7 Å². The first-order chi connectivity index (χ1) is 9.70. The van der Waals surface area contributed by atoms with Gasteiger partial charge in [-0.3, -0.25) is 9.59 Å². The first kappa shape index (κ1) is 18.0. The molecule has 1 aliphatic rings. The molecule has 0 saturated carbocycles. The largest absolute Gasteiger partial charge is 0.481 e. The summed E-state index contributed by atoms with van der Waals surface area (Å²) in [5.74, 6) is -0.794. The molecule has 0 radical (unpaired) electrons. The van der Waals surface area contributed by atoms with Crippen molar-refractivity contribution < 1.29 is 19.4 Å². The molecule has 1 N–H and O–H groups in total. The zero-order chi connectivity index (χ0) is 16.1. The Bertz CT molecular complexity index is 371. The van der Waals surface area contributed by atoms with Crippen LogP contribution in [0.1, 0.15) is 52.9 Å². The number of hydrogen-bond acceptors (Lipinski definition) is 3. The van der Waals surface area contributed by atoms with Gasteiger partial charge >= 0.3 is 5.97 Å². The molecular weight excluding hydrogens is 270 g/mol. The van der Waals surface area contributed by atoms with E-state index in [4.69, 9.17) is 4.74 Å². The molecular formula is C16H29NO4. The number of carboxylic acid groups (broad SMARTS) is 1. The summed E-state index contributed by atoms with van der Waals surface area (Å²) in [6.07, 6.45) is 3.64. The minimum Gasteiger partial charge on any atom is -0.481 e. The molecule has 1 fully saturated rings. The number of hydrogen-bond donors (Lipinski definition) is 1. The Balaban J connectivity index is 2.58. The first-order valence-electron chi connectivity index (χ1n) is 7.70. The maximum absolute atomic E-state index is 12.3. The van der Waals surface area contributed by atoms with Crippen LogP contribution in [0, 0.1) is 10.8 Å². The Hall–Kier alpha value is -1.10. The SMILES string of the molecule is COCC1(C(=O)O)CCCN(C(=O)CCCC(C)(C)C)C1. The number of carboxylic acids is 1. The molecule has 0 spiro atoms. The van der Waals surface area contributed by atoms with Gasteiger partial charge in [-0.05, 0) is 31.1 Å². The van der Waals surface area contributed by atoms with Crippen molar-refractivity contribution in [3.8, 4) is 0 Å². The van der Waals surface area contributed by atoms with E-state index in [9.17, 15) is 14.7 Å². The Kier molecular flexibility index (Phi) is 6.20. The molecule has 0 aromatic carbocycles. The summed E-state index contributed by atoms with van der Waals surface area (Å²) in [5, 5.41) is 9.48. The van der Waals surface area contributed by atoms with Gasteiger partial charge in [0.15, 0.2) is 0 Å². The number of carbonyl (C=O) groups is 2. The van der Waals surface area contributed by atoms with Crippen LogP contribution in [0.5, 0.6) is 0 Å². The van der Waals surface area contributed by atoms with Crippen molar-refractivity contribution in [1.82, 2.24) is 4.90 Å². The lowest BCUT2D eigenvalue weighted by Gasteiger charge is -2.39. The van der Waals surface area contributed by atoms with Crippen LogP contribution in [-0.4, -0.2) is 48.7 Å². The van der Waals surface area contributed by atoms with Crippen LogP contribution in [0.25, 0.3) is 0 Å². The topological polar surface area (TPSA) is 66.8 Å². The van der Waals surface area contributed by atoms with Gasteiger partial charge in [0.1, 0.15) is 5.41 Å². The summed E-state index contributed by atoms with van der Waals surface area (Å²) in [5.41, 5.74) is -0.713. The third-order valence-electron chi connectivity index (χ3n) is 4.12. The maximum Gasteiger partial charge on any atom is 0.313 e. The summed E-state index contributed by atoms with van der Waals surface area (Å²) in [4.78, 5) is 25.6. The van der Waals surface area contributed by atoms with E-state index < -0.39 is 11.4 Å². The van der Waals surface area contributed by atoms with Crippen molar-refractivity contribution in [3.63, 3.8) is 0 Å². The second-order valence-corrected chi connectivity index (χ2v) is 7.35. The molecule has 1 unspecified atom stereocenters. The van der Waals surface area contributed by atoms with Gasteiger partial charge in [-0.1, -0.05) is 20.8 Å². The quantitative estimate of drug-likeness (QED) is 0.818. The van der Waals surface area contributed by atoms with Crippen LogP contribution in [0.2, 0.25) is 0 Å². The fourth-order valence-electron chi connectivity index (χ4n) is 2.90. The molecule has 1 heterocycles. The molecule has 1 atom stereocenters. The monoisotopic (exact) mass is 299 g/mol. The normalized spacial score (nSPS) is 23.1. The van der Waals surface area contributed by atoms with Gasteiger partial charge in [-0.2, -0.15) is 0 Å². The first-order valence-corrected chi connectivity index (χ1v) is 7.70. The number of carbonyl (C=O) groups excluding carboxylic acids is 1. The van der Waals surface area contributed by atoms with Gasteiger partial charge in [-0.15, -0.1) is 0 Å². The minimum atomic E-state index is -0.938. The Morgan fingerprint density at radius 3 is 2.52 bits per heavy atom. The van der Waals surface area contributed by atoms with Crippen LogP contribution in [0.3, 0.4) is 0 Å². The molecule has 122 valence electrons. The highest BCUT2D eigenvalue weighted by molar-refractivity contribution is 5.79. The van der Waals surface area contributed by atoms with Gasteiger partial charge in [-0.25, -0.2) is 0 Å². The van der Waals surface area contributed by atoms with Crippen LogP contribution in [0.4, 0.5) is 0 Å². The van der Waals surface area contributed by atoms with Crippen LogP contribution < -0.4 is 0 Å². The van der Waals surface area contributed by atoms with Crippen molar-refractivity contribution >= 4 is 11.9 Å². The molecule has 1 saturated heterocycles. The number of methoxy groups -OCH3 is 1. The summed E-state index contributed by atoms with van der Waals surface area (Å²) < 4.78 is 5.08. The second kappa shape index (κ2) is 7.25. The highest BCUT2D eigenvalue weighted by Crippen LogP contribution is 2.31. The minimum absolute atomic E-state index is 0.0701. The highest BCUT2D eigenvalue weighted by atomic mass is 16.5. The van der Waals surface area contributed by atoms with Crippen molar-refractivity contribution in [2.24, 2.45) is 10.8 Å². The summed E-state index contributed by atoms with van der Waals surface area (Å²) in [6, 6.07) is 0. The molecule has 1 aliphatic heterocycles. The number of amides is 1. The van der Waals surface area contributed by atoms with E-state index in [1.54, 1.807) is 4.90 Å². The van der Waals surface area contributed by atoms with Gasteiger partial charge in [0.2, 0.25) is 5.91 Å². The molecule has 1 amide bonds. The smallest absolute Gasteiger partial charge is 0.313 e. The van der Waals surface area contributed by atoms with Crippen molar-refractivity contribution in [3.05, 3.63) is 0 Å². The van der Waals surface area contributed by atoms with Crippen molar-refractivity contribution in [1.29, 1.82) is 0 Å². The molecule has 0 aromatic heterocycles. The number of rotatable bonds is 6. The predicted octanol–water partition coefficient (Wildman–Crippen LogP) is 2.54. The third-order valence-corrected chi connectivity index (χ3v) is 4.12. The van der Waals surface area contributed by atoms with E-state index in [0.717, 1.165) is 19.3 Å². The predicted molar refractivity (Wildman–Crippen MR) is 81.1 cm³/mol. The molecule has 5 nitrogen and oxygen atoms in total. The standard InChI is InChI=1S/C16H29NO4/c1-15(2,3)8-5-7-13(18)17-10-6-9-16(11-17,12-21-4)14(19)20/h5-12H2,1-4H3,(H,19,20). The lowest BCUT2D eigenvalue weighted by Crippen LogP contribution is -2.52. The number of nitrogens with zero attached hydrogens (tertiary/aromatic N) is 1. The van der Waals surface area contributed by atoms with Gasteiger partial charge in [0.25, 0.3) is 0 Å². The summed E-state index contributed by atoms with van der Waals surface area (Å²) >= 11 is 0. The van der Waals surface area contributed by atoms with E-state index in [1.807, 2.05) is 0 Å². The molecule has 5 heteroatoms. The fraction of sp³-hybridized carbons (Fsp3) is 0.875. The van der Waals surface area contributed by atoms with Crippen LogP contribution in [0.15, 0.2) is 0 Å². The lowest BCUT2D eigenvalue weighted by molar-refractivity contribution is -0.159. The number of piperidine rings is 1. The second-order valence-electron chi connectivity index (χ2n) is 7.35. The van der Waals surface area contributed by atoms with E-state index in [1.165, 1.54) is 7.11 Å². The summed E-state index contributed by atoms with van der Waals surface area (Å²) in [7, 11) is 1.51. The van der Waals surface area contributed by atoms with Gasteiger partial charge in [0.05, 0.1) is 6.61 Å². The van der Waals surface area contributed by atoms with E-state index in [2.05, 4.69) is 20.8 Å². The molecule has 1 rings (SSSR count). The number of aliphatic carboxylic acids is 1. The van der Waals surface area contributed by atoms with Crippen LogP contribution >= 0.6 is 0 Å². The summed E-state index contributed by atoms with van der Waals surface area (Å²) in [6.45, 7) is 7.57. The molecule has 0 bridgehead atoms. The Labute approximate surface area is 127 Å². The zero-order valence-electron chi connectivity index (χ0n) is 13.8. The van der Waals surface area contributed by atoms with E-state index in [-0.39, 0.29) is 24.5 Å². The van der Waals surface area contributed by atoms with E-state index >= 15 is 0 Å². The number of likely N-dealkylation sites (tertiary alicyclic amines) is 1. The Morgan fingerprint density at radius 1 is 1.33 bits per heavy atom. The average molecular weight is 299 g/mol. The molecule has 21 heavy (non-hydrogen) atoms. The maximum atomic E-state index is 12.3. The van der Waals surface area contributed by atoms with E-state index in [0.29, 0.717) is 19.4 Å². The van der Waals surface area contributed by atoms with Crippen molar-refractivity contribution in [2.45, 2.75) is 52.9 Å². The van der Waals surface area contributed by atoms with Crippen molar-refractivity contribution in [2.75, 3.05) is 26.8 Å².